The minimum atomic E-state index is -3.70. The van der Waals surface area contributed by atoms with E-state index in [0.717, 1.165) is 0 Å². The summed E-state index contributed by atoms with van der Waals surface area (Å²) in [5.74, 6) is 0.362. The first-order valence-corrected chi connectivity index (χ1v) is 11.5. The number of Topliss-reactive ketones (excluding diaryl/α,β-unsaturated/α-hetero) is 1. The van der Waals surface area contributed by atoms with Crippen LogP contribution in [-0.2, 0) is 10.0 Å². The largest absolute Gasteiger partial charge is 0.314 e. The fraction of sp³-hybridized carbons (Fsp3) is 0.0588. The molecule has 0 unspecified atom stereocenters. The van der Waals surface area contributed by atoms with Crippen LogP contribution in [0.15, 0.2) is 62.2 Å². The molecule has 1 aromatic heterocycles. The second-order valence-corrected chi connectivity index (χ2v) is 9.84. The maximum atomic E-state index is 12.2. The molecule has 2 heterocycles. The lowest BCUT2D eigenvalue weighted by Crippen LogP contribution is -2.10. The van der Waals surface area contributed by atoms with E-state index in [0.29, 0.717) is 25.6 Å². The molecule has 0 atom stereocenters. The normalized spacial score (nSPS) is 14.4. The Bertz CT molecular complexity index is 1190. The molecular weight excluding hydrogens is 440 g/mol. The predicted molar refractivity (Wildman–Crippen MR) is 110 cm³/mol. The standard InChI is InChI=1S/C17H11ClN4O3S3/c18-11-7-5-10(6-8-11)13(23)9-26-17-21-20-16(27-17)19-15-12-3-1-2-4-14(12)28(24,25)22-15/h1-8H,9H2,(H,19,20,22). The Morgan fingerprint density at radius 1 is 1.11 bits per heavy atom. The van der Waals surface area contributed by atoms with Crippen LogP contribution in [0, 0.1) is 0 Å². The van der Waals surface area contributed by atoms with Gasteiger partial charge in [0.05, 0.1) is 5.75 Å². The van der Waals surface area contributed by atoms with Crippen molar-refractivity contribution in [3.05, 3.63) is 64.7 Å². The Hall–Kier alpha value is -2.27. The highest BCUT2D eigenvalue weighted by Crippen LogP contribution is 2.30. The summed E-state index contributed by atoms with van der Waals surface area (Å²) in [6.45, 7) is 0. The van der Waals surface area contributed by atoms with Gasteiger partial charge in [-0.15, -0.1) is 14.6 Å². The molecule has 0 spiro atoms. The van der Waals surface area contributed by atoms with Crippen LogP contribution in [0.2, 0.25) is 5.02 Å². The van der Waals surface area contributed by atoms with Gasteiger partial charge in [0.25, 0.3) is 10.0 Å². The first-order chi connectivity index (χ1) is 13.4. The summed E-state index contributed by atoms with van der Waals surface area (Å²) in [6, 6.07) is 13.2. The zero-order valence-electron chi connectivity index (χ0n) is 14.0. The van der Waals surface area contributed by atoms with E-state index >= 15 is 0 Å². The highest BCUT2D eigenvalue weighted by Gasteiger charge is 2.29. The summed E-state index contributed by atoms with van der Waals surface area (Å²) < 4.78 is 28.5. The summed E-state index contributed by atoms with van der Waals surface area (Å²) in [7, 11) is -3.70. The van der Waals surface area contributed by atoms with Crippen molar-refractivity contribution in [3.8, 4) is 0 Å². The SMILES string of the molecule is O=C(CSc1nnc(NC2=NS(=O)(=O)c3ccccc32)s1)c1ccc(Cl)cc1. The van der Waals surface area contributed by atoms with Crippen LogP contribution >= 0.6 is 34.7 Å². The van der Waals surface area contributed by atoms with Gasteiger partial charge < -0.3 is 5.32 Å². The molecule has 1 aliphatic rings. The van der Waals surface area contributed by atoms with Crippen molar-refractivity contribution in [3.63, 3.8) is 0 Å². The molecule has 1 aliphatic heterocycles. The number of aromatic nitrogens is 2. The quantitative estimate of drug-likeness (QED) is 0.466. The molecular formula is C17H11ClN4O3S3. The summed E-state index contributed by atoms with van der Waals surface area (Å²) in [4.78, 5) is 12.4. The summed E-state index contributed by atoms with van der Waals surface area (Å²) in [6.07, 6.45) is 0. The van der Waals surface area contributed by atoms with Gasteiger partial charge in [-0.3, -0.25) is 4.79 Å². The number of ketones is 1. The number of amidine groups is 1. The van der Waals surface area contributed by atoms with Gasteiger partial charge in [-0.2, -0.15) is 8.42 Å². The van der Waals surface area contributed by atoms with Crippen LogP contribution < -0.4 is 5.32 Å². The van der Waals surface area contributed by atoms with Gasteiger partial charge in [-0.1, -0.05) is 46.8 Å². The number of benzene rings is 2. The summed E-state index contributed by atoms with van der Waals surface area (Å²) >= 11 is 8.29. The number of hydrogen-bond acceptors (Lipinski definition) is 8. The second-order valence-electron chi connectivity index (χ2n) is 5.63. The van der Waals surface area contributed by atoms with E-state index in [1.54, 1.807) is 42.5 Å². The number of carbonyl (C=O) groups is 1. The van der Waals surface area contributed by atoms with Crippen molar-refractivity contribution >= 4 is 61.5 Å². The van der Waals surface area contributed by atoms with E-state index in [1.165, 1.54) is 29.2 Å². The zero-order chi connectivity index (χ0) is 19.7. The smallest absolute Gasteiger partial charge is 0.285 e. The lowest BCUT2D eigenvalue weighted by Gasteiger charge is -2.01. The molecule has 0 saturated heterocycles. The molecule has 7 nitrogen and oxygen atoms in total. The van der Waals surface area contributed by atoms with Crippen LogP contribution in [-0.4, -0.2) is 36.0 Å². The number of thioether (sulfide) groups is 1. The van der Waals surface area contributed by atoms with E-state index in [2.05, 4.69) is 19.9 Å². The molecule has 0 radical (unpaired) electrons. The van der Waals surface area contributed by atoms with Gasteiger partial charge in [0.1, 0.15) is 4.90 Å². The summed E-state index contributed by atoms with van der Waals surface area (Å²) in [5, 5.41) is 11.9. The molecule has 0 fully saturated rings. The minimum Gasteiger partial charge on any atom is -0.314 e. The Morgan fingerprint density at radius 2 is 1.86 bits per heavy atom. The molecule has 0 aliphatic carbocycles. The van der Waals surface area contributed by atoms with Gasteiger partial charge in [0.15, 0.2) is 16.0 Å². The molecule has 142 valence electrons. The highest BCUT2D eigenvalue weighted by molar-refractivity contribution is 8.01. The number of nitrogens with one attached hydrogen (secondary N) is 1. The Morgan fingerprint density at radius 3 is 2.64 bits per heavy atom. The number of anilines is 1. The lowest BCUT2D eigenvalue weighted by atomic mass is 10.1. The van der Waals surface area contributed by atoms with Gasteiger partial charge in [-0.05, 0) is 36.4 Å². The Balaban J connectivity index is 1.43. The number of fused-ring (bicyclic) bond motifs is 1. The Labute approximate surface area is 173 Å². The van der Waals surface area contributed by atoms with Crippen molar-refractivity contribution in [2.24, 2.45) is 4.40 Å². The number of hydrogen-bond donors (Lipinski definition) is 1. The Kier molecular flexibility index (Phi) is 5.19. The third-order valence-electron chi connectivity index (χ3n) is 3.76. The molecule has 11 heteroatoms. The molecule has 0 saturated carbocycles. The van der Waals surface area contributed by atoms with Crippen molar-refractivity contribution in [1.29, 1.82) is 0 Å². The number of halogens is 1. The maximum Gasteiger partial charge on any atom is 0.285 e. The average molecular weight is 451 g/mol. The second kappa shape index (κ2) is 7.63. The first kappa shape index (κ1) is 19.1. The summed E-state index contributed by atoms with van der Waals surface area (Å²) in [5.41, 5.74) is 1.06. The van der Waals surface area contributed by atoms with Crippen molar-refractivity contribution < 1.29 is 13.2 Å². The van der Waals surface area contributed by atoms with Crippen molar-refractivity contribution in [2.45, 2.75) is 9.24 Å². The fourth-order valence-electron chi connectivity index (χ4n) is 2.46. The first-order valence-electron chi connectivity index (χ1n) is 7.89. The van der Waals surface area contributed by atoms with E-state index in [-0.39, 0.29) is 22.3 Å². The van der Waals surface area contributed by atoms with Crippen molar-refractivity contribution in [1.82, 2.24) is 10.2 Å². The minimum absolute atomic E-state index is 0.0495. The average Bonchev–Trinajstić information content (AvgIpc) is 3.23. The zero-order valence-corrected chi connectivity index (χ0v) is 17.2. The van der Waals surface area contributed by atoms with Gasteiger partial charge >= 0.3 is 0 Å². The molecule has 4 rings (SSSR count). The number of rotatable bonds is 5. The molecule has 1 N–H and O–H groups in total. The molecule has 0 bridgehead atoms. The topological polar surface area (TPSA) is 101 Å². The maximum absolute atomic E-state index is 12.2. The van der Waals surface area contributed by atoms with Gasteiger partial charge in [-0.25, -0.2) is 0 Å². The van der Waals surface area contributed by atoms with Crippen LogP contribution in [0.3, 0.4) is 0 Å². The van der Waals surface area contributed by atoms with E-state index in [4.69, 9.17) is 11.6 Å². The monoisotopic (exact) mass is 450 g/mol. The molecule has 2 aromatic carbocycles. The highest BCUT2D eigenvalue weighted by atomic mass is 35.5. The number of carbonyl (C=O) groups excluding carboxylic acids is 1. The fourth-order valence-corrected chi connectivity index (χ4v) is 5.41. The lowest BCUT2D eigenvalue weighted by molar-refractivity contribution is 0.102. The number of nitrogens with zero attached hydrogens (tertiary/aromatic N) is 3. The van der Waals surface area contributed by atoms with Gasteiger partial charge in [0.2, 0.25) is 5.13 Å². The van der Waals surface area contributed by atoms with E-state index < -0.39 is 10.0 Å². The van der Waals surface area contributed by atoms with Crippen LogP contribution in [0.4, 0.5) is 5.13 Å². The van der Waals surface area contributed by atoms with Crippen LogP contribution in [0.1, 0.15) is 15.9 Å². The molecule has 0 amide bonds. The van der Waals surface area contributed by atoms with E-state index in [9.17, 15) is 13.2 Å². The van der Waals surface area contributed by atoms with Crippen molar-refractivity contribution in [2.75, 3.05) is 11.1 Å². The third-order valence-corrected chi connectivity index (χ3v) is 7.32. The molecule has 28 heavy (non-hydrogen) atoms. The molecule has 3 aromatic rings. The number of sulfonamides is 1. The predicted octanol–water partition coefficient (Wildman–Crippen LogP) is 3.73. The van der Waals surface area contributed by atoms with Crippen LogP contribution in [0.25, 0.3) is 0 Å². The van der Waals surface area contributed by atoms with Crippen LogP contribution in [0.5, 0.6) is 0 Å². The van der Waals surface area contributed by atoms with Gasteiger partial charge in [0, 0.05) is 16.1 Å². The third kappa shape index (κ3) is 3.95. The van der Waals surface area contributed by atoms with E-state index in [1.807, 2.05) is 0 Å².